The van der Waals surface area contributed by atoms with Crippen molar-refractivity contribution in [2.24, 2.45) is 0 Å². The summed E-state index contributed by atoms with van der Waals surface area (Å²) in [6.07, 6.45) is 1.55. The molecule has 0 aromatic heterocycles. The van der Waals surface area contributed by atoms with E-state index in [1.54, 1.807) is 42.5 Å². The number of thioether (sulfide) groups is 1. The van der Waals surface area contributed by atoms with Gasteiger partial charge in [-0.15, -0.1) is 0 Å². The lowest BCUT2D eigenvalue weighted by molar-refractivity contribution is -0.127. The summed E-state index contributed by atoms with van der Waals surface area (Å²) in [5.41, 5.74) is 1.06. The Morgan fingerprint density at radius 2 is 1.91 bits per heavy atom. The molecule has 2 aromatic rings. The number of fused-ring (bicyclic) bond motifs is 1. The van der Waals surface area contributed by atoms with E-state index in [1.165, 1.54) is 14.2 Å². The van der Waals surface area contributed by atoms with Crippen molar-refractivity contribution in [3.05, 3.63) is 46.9 Å². The van der Waals surface area contributed by atoms with Crippen molar-refractivity contribution in [2.45, 2.75) is 0 Å². The van der Waals surface area contributed by atoms with Crippen LogP contribution in [-0.2, 0) is 9.59 Å². The zero-order chi connectivity index (χ0) is 22.7. The van der Waals surface area contributed by atoms with Gasteiger partial charge in [-0.1, -0.05) is 12.1 Å². The van der Waals surface area contributed by atoms with Crippen molar-refractivity contribution >= 4 is 40.6 Å². The van der Waals surface area contributed by atoms with Crippen LogP contribution in [0.15, 0.2) is 41.3 Å². The van der Waals surface area contributed by atoms with E-state index in [2.05, 4.69) is 5.32 Å². The molecule has 2 aliphatic heterocycles. The maximum absolute atomic E-state index is 12.8. The van der Waals surface area contributed by atoms with Gasteiger partial charge in [0.25, 0.3) is 11.1 Å². The zero-order valence-electron chi connectivity index (χ0n) is 17.4. The molecular formula is C22H20N2O7S. The van der Waals surface area contributed by atoms with Crippen molar-refractivity contribution in [3.63, 3.8) is 0 Å². The monoisotopic (exact) mass is 456 g/mol. The van der Waals surface area contributed by atoms with Gasteiger partial charge in [-0.2, -0.15) is 0 Å². The fourth-order valence-electron chi connectivity index (χ4n) is 3.27. The Hall–Kier alpha value is -3.66. The molecule has 2 aromatic carbocycles. The molecule has 32 heavy (non-hydrogen) atoms. The van der Waals surface area contributed by atoms with Crippen LogP contribution in [0.25, 0.3) is 6.08 Å². The Labute approximate surface area is 188 Å². The van der Waals surface area contributed by atoms with Gasteiger partial charge in [0.15, 0.2) is 23.0 Å². The number of carbonyl (C=O) groups is 3. The Kier molecular flexibility index (Phi) is 6.22. The molecule has 3 amide bonds. The summed E-state index contributed by atoms with van der Waals surface area (Å²) in [4.78, 5) is 38.7. The minimum atomic E-state index is -0.554. The fraction of sp³-hybridized carbons (Fsp3) is 0.227. The first-order valence-corrected chi connectivity index (χ1v) is 10.5. The van der Waals surface area contributed by atoms with Gasteiger partial charge in [0, 0.05) is 17.3 Å². The first kappa shape index (κ1) is 21.6. The average molecular weight is 456 g/mol. The predicted octanol–water partition coefficient (Wildman–Crippen LogP) is 3.15. The standard InChI is InChI=1S/C22H20N2O7S/c1-28-16-5-3-4-13(20(16)29-2)10-18-21(26)24(22(27)32-18)12-19(25)23-14-6-7-15-17(11-14)31-9-8-30-15/h3-7,10-11H,8-9,12H2,1-2H3,(H,23,25)/b18-10+. The molecule has 0 unspecified atom stereocenters. The van der Waals surface area contributed by atoms with Crippen LogP contribution in [0.4, 0.5) is 10.5 Å². The number of hydrogen-bond donors (Lipinski definition) is 1. The smallest absolute Gasteiger partial charge is 0.294 e. The number of hydrogen-bond acceptors (Lipinski definition) is 8. The highest BCUT2D eigenvalue weighted by Crippen LogP contribution is 2.37. The number of para-hydroxylation sites is 1. The van der Waals surface area contributed by atoms with Crippen molar-refractivity contribution in [1.29, 1.82) is 0 Å². The Balaban J connectivity index is 1.46. The largest absolute Gasteiger partial charge is 0.493 e. The summed E-state index contributed by atoms with van der Waals surface area (Å²) in [6.45, 7) is 0.477. The van der Waals surface area contributed by atoms with E-state index in [4.69, 9.17) is 18.9 Å². The molecule has 1 N–H and O–H groups in total. The van der Waals surface area contributed by atoms with Gasteiger partial charge in [-0.05, 0) is 36.0 Å². The highest BCUT2D eigenvalue weighted by atomic mass is 32.2. The molecule has 2 aliphatic rings. The number of rotatable bonds is 6. The van der Waals surface area contributed by atoms with E-state index < -0.39 is 23.6 Å². The van der Waals surface area contributed by atoms with E-state index in [-0.39, 0.29) is 4.91 Å². The number of carbonyl (C=O) groups excluding carboxylic acids is 3. The lowest BCUT2D eigenvalue weighted by atomic mass is 10.1. The number of ether oxygens (including phenoxy) is 4. The fourth-order valence-corrected chi connectivity index (χ4v) is 4.10. The van der Waals surface area contributed by atoms with Gasteiger partial charge in [0.05, 0.1) is 19.1 Å². The molecule has 0 radical (unpaired) electrons. The molecule has 0 spiro atoms. The SMILES string of the molecule is COc1cccc(/C=C2/SC(=O)N(CC(=O)Nc3ccc4c(c3)OCCO4)C2=O)c1OC. The average Bonchev–Trinajstić information content (AvgIpc) is 3.06. The van der Waals surface area contributed by atoms with Crippen LogP contribution >= 0.6 is 11.8 Å². The highest BCUT2D eigenvalue weighted by Gasteiger charge is 2.36. The number of nitrogens with one attached hydrogen (secondary N) is 1. The second-order valence-corrected chi connectivity index (χ2v) is 7.75. The molecule has 9 nitrogen and oxygen atoms in total. The predicted molar refractivity (Wildman–Crippen MR) is 118 cm³/mol. The van der Waals surface area contributed by atoms with Crippen LogP contribution in [-0.4, -0.2) is 55.9 Å². The van der Waals surface area contributed by atoms with Gasteiger partial charge in [-0.3, -0.25) is 19.3 Å². The van der Waals surface area contributed by atoms with Gasteiger partial charge >= 0.3 is 0 Å². The van der Waals surface area contributed by atoms with E-state index in [0.29, 0.717) is 47.5 Å². The third-order valence-corrected chi connectivity index (χ3v) is 5.63. The first-order chi connectivity index (χ1) is 15.5. The third-order valence-electron chi connectivity index (χ3n) is 4.72. The van der Waals surface area contributed by atoms with Crippen LogP contribution in [0, 0.1) is 0 Å². The number of imide groups is 1. The van der Waals surface area contributed by atoms with Crippen LogP contribution in [0.1, 0.15) is 5.56 Å². The van der Waals surface area contributed by atoms with E-state index >= 15 is 0 Å². The molecule has 166 valence electrons. The number of anilines is 1. The van der Waals surface area contributed by atoms with Crippen molar-refractivity contribution in [3.8, 4) is 23.0 Å². The topological polar surface area (TPSA) is 103 Å². The molecule has 0 bridgehead atoms. The number of amides is 3. The molecular weight excluding hydrogens is 436 g/mol. The summed E-state index contributed by atoms with van der Waals surface area (Å²) >= 11 is 0.762. The number of benzene rings is 2. The van der Waals surface area contributed by atoms with Crippen LogP contribution in [0.3, 0.4) is 0 Å². The van der Waals surface area contributed by atoms with Crippen molar-refractivity contribution < 1.29 is 33.3 Å². The minimum absolute atomic E-state index is 0.189. The molecule has 10 heteroatoms. The summed E-state index contributed by atoms with van der Waals surface area (Å²) in [7, 11) is 3.00. The second kappa shape index (κ2) is 9.23. The van der Waals surface area contributed by atoms with Crippen LogP contribution in [0.2, 0.25) is 0 Å². The zero-order valence-corrected chi connectivity index (χ0v) is 18.2. The Morgan fingerprint density at radius 3 is 2.66 bits per heavy atom. The van der Waals surface area contributed by atoms with Crippen LogP contribution in [0.5, 0.6) is 23.0 Å². The Bertz CT molecular complexity index is 1120. The van der Waals surface area contributed by atoms with Gasteiger partial charge in [0.1, 0.15) is 19.8 Å². The maximum atomic E-state index is 12.8. The van der Waals surface area contributed by atoms with Crippen molar-refractivity contribution in [2.75, 3.05) is 39.3 Å². The van der Waals surface area contributed by atoms with Gasteiger partial charge in [-0.25, -0.2) is 0 Å². The normalized spacial score (nSPS) is 16.3. The summed E-state index contributed by atoms with van der Waals surface area (Å²) in [5.74, 6) is 0.998. The molecule has 2 heterocycles. The van der Waals surface area contributed by atoms with Gasteiger partial charge in [0.2, 0.25) is 5.91 Å². The van der Waals surface area contributed by atoms with Crippen molar-refractivity contribution in [1.82, 2.24) is 4.90 Å². The first-order valence-electron chi connectivity index (χ1n) is 9.66. The van der Waals surface area contributed by atoms with E-state index in [0.717, 1.165) is 16.7 Å². The van der Waals surface area contributed by atoms with E-state index in [9.17, 15) is 14.4 Å². The summed E-state index contributed by atoms with van der Waals surface area (Å²) in [5, 5.41) is 2.14. The maximum Gasteiger partial charge on any atom is 0.294 e. The molecule has 1 fully saturated rings. The molecule has 1 saturated heterocycles. The Morgan fingerprint density at radius 1 is 1.12 bits per heavy atom. The molecule has 0 saturated carbocycles. The molecule has 0 aliphatic carbocycles. The van der Waals surface area contributed by atoms with Crippen LogP contribution < -0.4 is 24.3 Å². The minimum Gasteiger partial charge on any atom is -0.493 e. The van der Waals surface area contributed by atoms with E-state index in [1.807, 2.05) is 0 Å². The summed E-state index contributed by atoms with van der Waals surface area (Å²) in [6, 6.07) is 10.2. The third kappa shape index (κ3) is 4.35. The van der Waals surface area contributed by atoms with Gasteiger partial charge < -0.3 is 24.3 Å². The summed E-state index contributed by atoms with van der Waals surface area (Å²) < 4.78 is 21.6. The number of nitrogens with zero attached hydrogens (tertiary/aromatic N) is 1. The quantitative estimate of drug-likeness (QED) is 0.662. The molecule has 0 atom stereocenters. The lowest BCUT2D eigenvalue weighted by Gasteiger charge is -2.19. The highest BCUT2D eigenvalue weighted by molar-refractivity contribution is 8.18. The lowest BCUT2D eigenvalue weighted by Crippen LogP contribution is -2.36. The molecule has 4 rings (SSSR count). The second-order valence-electron chi connectivity index (χ2n) is 6.76. The number of methoxy groups -OCH3 is 2.